The normalized spacial score (nSPS) is 12.5. The summed E-state index contributed by atoms with van der Waals surface area (Å²) in [7, 11) is 0. The number of amides is 6. The molecular formula is C71H48F18N6O13. The lowest BCUT2D eigenvalue weighted by atomic mass is 9.72. The number of benzene rings is 9. The molecule has 6 amide bonds. The van der Waals surface area contributed by atoms with Crippen molar-refractivity contribution in [3.63, 3.8) is 0 Å². The van der Waals surface area contributed by atoms with Crippen LogP contribution < -0.4 is 36.6 Å². The van der Waals surface area contributed by atoms with E-state index in [9.17, 15) is 59.4 Å². The quantitative estimate of drug-likeness (QED) is 0.0281. The van der Waals surface area contributed by atoms with Gasteiger partial charge < -0.3 is 67.3 Å². The van der Waals surface area contributed by atoms with Crippen LogP contribution in [0, 0.1) is 0 Å². The van der Waals surface area contributed by atoms with Crippen molar-refractivity contribution in [1.82, 2.24) is 0 Å². The summed E-state index contributed by atoms with van der Waals surface area (Å²) in [6.07, 6.45) is -37.9. The minimum atomic E-state index is -6.44. The van der Waals surface area contributed by atoms with Gasteiger partial charge in [-0.3, -0.25) is 28.8 Å². The number of phenols is 6. The highest BCUT2D eigenvalue weighted by Crippen LogP contribution is 2.61. The molecule has 12 N–H and O–H groups in total. The third-order valence-corrected chi connectivity index (χ3v) is 16.6. The van der Waals surface area contributed by atoms with Crippen LogP contribution >= 0.6 is 0 Å². The Bertz CT molecular complexity index is 4980. The molecule has 9 aromatic carbocycles. The first-order valence-corrected chi connectivity index (χ1v) is 30.3. The van der Waals surface area contributed by atoms with Crippen molar-refractivity contribution in [3.8, 4) is 46.0 Å². The van der Waals surface area contributed by atoms with Crippen LogP contribution in [-0.2, 0) is 25.8 Å². The lowest BCUT2D eigenvalue weighted by Gasteiger charge is -2.38. The van der Waals surface area contributed by atoms with Crippen molar-refractivity contribution < 1.29 is 143 Å². The predicted octanol–water partition coefficient (Wildman–Crippen LogP) is 16.9. The van der Waals surface area contributed by atoms with E-state index in [1.54, 1.807) is 0 Å². The van der Waals surface area contributed by atoms with Gasteiger partial charge in [0.05, 0.1) is 34.1 Å². The van der Waals surface area contributed by atoms with Gasteiger partial charge in [0.1, 0.15) is 46.0 Å². The fourth-order valence-electron chi connectivity index (χ4n) is 11.6. The molecule has 0 spiro atoms. The summed E-state index contributed by atoms with van der Waals surface area (Å²) in [5, 5.41) is 74.6. The van der Waals surface area contributed by atoms with Crippen molar-refractivity contribution in [2.45, 2.75) is 67.2 Å². The van der Waals surface area contributed by atoms with Gasteiger partial charge in [0.25, 0.3) is 23.6 Å². The van der Waals surface area contributed by atoms with E-state index in [2.05, 4.69) is 0 Å². The molecule has 108 heavy (non-hydrogen) atoms. The molecule has 0 aliphatic rings. The van der Waals surface area contributed by atoms with Crippen molar-refractivity contribution in [1.29, 1.82) is 0 Å². The minimum absolute atomic E-state index is 0.0480. The Labute approximate surface area is 593 Å². The number of rotatable bonds is 18. The van der Waals surface area contributed by atoms with Gasteiger partial charge in [0.15, 0.2) is 0 Å². The van der Waals surface area contributed by atoms with E-state index in [1.807, 2.05) is 31.9 Å². The zero-order chi connectivity index (χ0) is 80.0. The van der Waals surface area contributed by atoms with E-state index < -0.39 is 207 Å². The maximum absolute atomic E-state index is 15.6. The van der Waals surface area contributed by atoms with E-state index in [-0.39, 0.29) is 83.8 Å². The van der Waals surface area contributed by atoms with Gasteiger partial charge >= 0.3 is 37.1 Å². The van der Waals surface area contributed by atoms with Crippen LogP contribution in [0.15, 0.2) is 182 Å². The number of nitrogens with one attached hydrogen (secondary N) is 6. The number of ether oxygens (including phenoxy) is 1. The van der Waals surface area contributed by atoms with E-state index in [1.165, 1.54) is 0 Å². The number of hydrogen-bond acceptors (Lipinski definition) is 13. The Morgan fingerprint density at radius 2 is 0.454 bits per heavy atom. The Hall–Kier alpha value is -12.9. The van der Waals surface area contributed by atoms with Crippen LogP contribution in [-0.4, -0.2) is 103 Å². The molecule has 9 rings (SSSR count). The smallest absolute Gasteiger partial charge is 0.411 e. The highest BCUT2D eigenvalue weighted by Gasteiger charge is 2.75. The van der Waals surface area contributed by atoms with Crippen molar-refractivity contribution >= 4 is 69.6 Å². The van der Waals surface area contributed by atoms with Gasteiger partial charge in [0.2, 0.25) is 28.1 Å². The van der Waals surface area contributed by atoms with Gasteiger partial charge in [-0.15, -0.1) is 0 Å². The summed E-state index contributed by atoms with van der Waals surface area (Å²) in [6, 6.07) is 16.5. The number of anilines is 6. The highest BCUT2D eigenvalue weighted by molar-refractivity contribution is 6.10. The summed E-state index contributed by atoms with van der Waals surface area (Å²) in [5.74, 6) is -13.9. The van der Waals surface area contributed by atoms with E-state index >= 15 is 79.0 Å². The molecule has 0 saturated carbocycles. The molecule has 0 aliphatic carbocycles. The van der Waals surface area contributed by atoms with Crippen LogP contribution in [0.25, 0.3) is 0 Å². The van der Waals surface area contributed by atoms with Crippen molar-refractivity contribution in [2.24, 2.45) is 0 Å². The zero-order valence-corrected chi connectivity index (χ0v) is 54.2. The molecule has 0 saturated heterocycles. The van der Waals surface area contributed by atoms with Gasteiger partial charge in [-0.2, -0.15) is 79.0 Å². The van der Waals surface area contributed by atoms with Crippen LogP contribution in [0.4, 0.5) is 113 Å². The van der Waals surface area contributed by atoms with Gasteiger partial charge in [-0.05, 0) is 173 Å². The summed E-state index contributed by atoms with van der Waals surface area (Å²) in [5.41, 5.74) is -33.2. The summed E-state index contributed by atoms with van der Waals surface area (Å²) >= 11 is 0. The highest BCUT2D eigenvalue weighted by atomic mass is 19.4. The predicted molar refractivity (Wildman–Crippen MR) is 347 cm³/mol. The van der Waals surface area contributed by atoms with Gasteiger partial charge in [0, 0.05) is 36.1 Å². The lowest BCUT2D eigenvalue weighted by molar-refractivity contribution is -0.290. The SMILES string of the molecule is CC(=O)Nc1cc(C(c2ccc(O)c(NC(=O)c3ccc(Oc4ccc(C(=O)Nc5cc(C(c6ccc(O)c(NC(=O)c7cccc(C(=O)Nc8cc(C(c9ccc(O)c(NC(C)=O)c9)(C(F)(F)F)C(F)(F)F)ccc8O)c7)c6)(C(F)(F)F)C(F)(F)F)ccc5O)cc4)cc3)c2)(C(F)(F)F)C(F)(F)F)ccc1O. The first-order chi connectivity index (χ1) is 50.1. The maximum atomic E-state index is 15.6. The number of carbonyl (C=O) groups is 6. The number of aromatic hydroxyl groups is 6. The first-order valence-electron chi connectivity index (χ1n) is 30.3. The Morgan fingerprint density at radius 1 is 0.259 bits per heavy atom. The van der Waals surface area contributed by atoms with Crippen molar-refractivity contribution in [2.75, 3.05) is 31.9 Å². The molecule has 0 fully saturated rings. The molecule has 0 heterocycles. The molecule has 0 aliphatic heterocycles. The fourth-order valence-corrected chi connectivity index (χ4v) is 11.6. The maximum Gasteiger partial charge on any atom is 0.411 e. The average Bonchev–Trinajstić information content (AvgIpc) is 0.725. The number of hydrogen-bond donors (Lipinski definition) is 12. The van der Waals surface area contributed by atoms with Crippen LogP contribution in [0.3, 0.4) is 0 Å². The van der Waals surface area contributed by atoms with Crippen LogP contribution in [0.5, 0.6) is 46.0 Å². The summed E-state index contributed by atoms with van der Waals surface area (Å²) in [4.78, 5) is 77.7. The third kappa shape index (κ3) is 15.1. The largest absolute Gasteiger partial charge is 0.506 e. The van der Waals surface area contributed by atoms with Crippen molar-refractivity contribution in [3.05, 3.63) is 238 Å². The van der Waals surface area contributed by atoms with Gasteiger partial charge in [-0.1, -0.05) is 42.5 Å². The molecule has 9 aromatic rings. The molecular weight excluding hydrogens is 1490 g/mol. The Kier molecular flexibility index (Phi) is 21.2. The van der Waals surface area contributed by atoms with E-state index in [4.69, 9.17) is 4.74 Å². The minimum Gasteiger partial charge on any atom is -0.506 e. The van der Waals surface area contributed by atoms with Crippen LogP contribution in [0.1, 0.15) is 88.7 Å². The third-order valence-electron chi connectivity index (χ3n) is 16.6. The Morgan fingerprint density at radius 3 is 0.648 bits per heavy atom. The molecule has 0 atom stereocenters. The molecule has 19 nitrogen and oxygen atoms in total. The first kappa shape index (κ1) is 79.3. The standard InChI is InChI=1S/C71H48F18N6O13/c1-33(96)90-47-27-39(10-20-53(47)98)63(66(72,73)74,67(75,76)77)41-12-22-55(100)49(29-41)92-59(104)35-6-16-45(17-7-35)108-46-18-8-36(9-19-46)60(105)93-50-30-42(13-23-56(50)101)65(70(84,85)86,71(87,88)89)44-15-25-58(103)52(32-44)95-62(107)38-5-3-4-37(26-38)61(106)94-51-31-43(14-24-57(51)102)64(68(78,79)80,69(81,82)83)40-11-21-54(99)48(28-40)91-34(2)97/h3-32,98-103H,1-2H3,(H,90,96)(H,91,97)(H,92,104)(H,93,105)(H,94,106)(H,95,107). The molecule has 566 valence electrons. The van der Waals surface area contributed by atoms with E-state index in [0.29, 0.717) is 48.5 Å². The number of carbonyl (C=O) groups excluding carboxylic acids is 6. The average molecular weight is 1540 g/mol. The fraction of sp³-hybridized carbons (Fsp3) is 0.155. The molecule has 0 bridgehead atoms. The van der Waals surface area contributed by atoms with Gasteiger partial charge in [-0.25, -0.2) is 0 Å². The van der Waals surface area contributed by atoms with E-state index in [0.717, 1.165) is 80.6 Å². The lowest BCUT2D eigenvalue weighted by Crippen LogP contribution is -2.54. The Balaban J connectivity index is 0.912. The topological polar surface area (TPSA) is 305 Å². The number of alkyl halides is 18. The monoisotopic (exact) mass is 1530 g/mol. The molecule has 0 aromatic heterocycles. The molecule has 0 radical (unpaired) electrons. The second kappa shape index (κ2) is 28.9. The second-order valence-electron chi connectivity index (χ2n) is 23.5. The molecule has 37 heteroatoms. The molecule has 0 unspecified atom stereocenters. The number of phenolic OH excluding ortho intramolecular Hbond substituents is 6. The zero-order valence-electron chi connectivity index (χ0n) is 54.2. The summed E-state index contributed by atoms with van der Waals surface area (Å²) < 4.78 is 280. The van der Waals surface area contributed by atoms with Crippen LogP contribution in [0.2, 0.25) is 0 Å². The summed E-state index contributed by atoms with van der Waals surface area (Å²) in [6.45, 7) is 1.69. The number of halogens is 18. The second-order valence-corrected chi connectivity index (χ2v) is 23.5.